The van der Waals surface area contributed by atoms with Crippen molar-refractivity contribution in [1.29, 1.82) is 0 Å². The molecule has 32 heavy (non-hydrogen) atoms. The molecule has 1 atom stereocenters. The molecular weight excluding hydrogens is 454 g/mol. The van der Waals surface area contributed by atoms with E-state index < -0.39 is 27.9 Å². The van der Waals surface area contributed by atoms with E-state index in [1.807, 2.05) is 17.5 Å². The molecule has 11 heteroatoms. The third kappa shape index (κ3) is 5.07. The molecule has 0 radical (unpaired) electrons. The molecule has 1 aliphatic rings. The Bertz CT molecular complexity index is 1230. The lowest BCUT2D eigenvalue weighted by Crippen LogP contribution is -2.50. The quantitative estimate of drug-likeness (QED) is 0.470. The first-order chi connectivity index (χ1) is 15.4. The largest absolute Gasteiger partial charge is 0.485 e. The maximum absolute atomic E-state index is 12.5. The summed E-state index contributed by atoms with van der Waals surface area (Å²) in [5.74, 6) is -0.315. The van der Waals surface area contributed by atoms with Crippen LogP contribution in [0.5, 0.6) is 11.5 Å². The number of fused-ring (bicyclic) bond motifs is 1. The summed E-state index contributed by atoms with van der Waals surface area (Å²) in [7, 11) is -3.82. The number of hydrazine groups is 1. The Morgan fingerprint density at radius 1 is 1.00 bits per heavy atom. The highest BCUT2D eigenvalue weighted by molar-refractivity contribution is 7.89. The molecule has 2 heterocycles. The minimum absolute atomic E-state index is 0.0116. The molecule has 1 aromatic heterocycles. The molecule has 0 bridgehead atoms. The van der Waals surface area contributed by atoms with Crippen LogP contribution < -0.4 is 25.0 Å². The number of hydrogen-bond acceptors (Lipinski definition) is 7. The van der Waals surface area contributed by atoms with Crippen molar-refractivity contribution in [2.45, 2.75) is 17.5 Å². The van der Waals surface area contributed by atoms with Crippen LogP contribution in [-0.4, -0.2) is 32.9 Å². The number of carbonyl (C=O) groups excluding carboxylic acids is 2. The van der Waals surface area contributed by atoms with Crippen molar-refractivity contribution in [3.63, 3.8) is 0 Å². The Morgan fingerprint density at radius 2 is 1.81 bits per heavy atom. The highest BCUT2D eigenvalue weighted by atomic mass is 32.2. The van der Waals surface area contributed by atoms with Gasteiger partial charge < -0.3 is 9.47 Å². The molecule has 0 aliphatic carbocycles. The zero-order chi connectivity index (χ0) is 22.6. The SMILES string of the molecule is O=C(NNC(=O)C1COc2ccccc2O1)c1cccc(S(=O)(=O)NCc2cccs2)c1. The van der Waals surface area contributed by atoms with Gasteiger partial charge in [-0.05, 0) is 41.8 Å². The average molecular weight is 474 g/mol. The number of amides is 2. The number of benzene rings is 2. The first-order valence-corrected chi connectivity index (χ1v) is 11.9. The molecule has 0 fully saturated rings. The fraction of sp³-hybridized carbons (Fsp3) is 0.143. The van der Waals surface area contributed by atoms with Crippen LogP contribution in [0, 0.1) is 0 Å². The predicted molar refractivity (Wildman–Crippen MR) is 117 cm³/mol. The van der Waals surface area contributed by atoms with Crippen LogP contribution in [0.25, 0.3) is 0 Å². The molecule has 1 unspecified atom stereocenters. The summed E-state index contributed by atoms with van der Waals surface area (Å²) in [4.78, 5) is 25.6. The van der Waals surface area contributed by atoms with Gasteiger partial charge in [-0.1, -0.05) is 24.3 Å². The van der Waals surface area contributed by atoms with E-state index in [1.54, 1.807) is 24.3 Å². The fourth-order valence-corrected chi connectivity index (χ4v) is 4.67. The van der Waals surface area contributed by atoms with Gasteiger partial charge in [-0.2, -0.15) is 0 Å². The molecule has 0 saturated carbocycles. The van der Waals surface area contributed by atoms with E-state index in [1.165, 1.54) is 35.6 Å². The van der Waals surface area contributed by atoms with E-state index in [0.29, 0.717) is 11.5 Å². The maximum atomic E-state index is 12.5. The molecule has 3 N–H and O–H groups in total. The molecule has 9 nitrogen and oxygen atoms in total. The summed E-state index contributed by atoms with van der Waals surface area (Å²) < 4.78 is 38.6. The minimum Gasteiger partial charge on any atom is -0.485 e. The lowest BCUT2D eigenvalue weighted by molar-refractivity contribution is -0.131. The van der Waals surface area contributed by atoms with Gasteiger partial charge in [-0.15, -0.1) is 11.3 Å². The second-order valence-corrected chi connectivity index (χ2v) is 9.54. The van der Waals surface area contributed by atoms with Gasteiger partial charge in [0.05, 0.1) is 4.90 Å². The summed E-state index contributed by atoms with van der Waals surface area (Å²) >= 11 is 1.43. The van der Waals surface area contributed by atoms with Crippen LogP contribution in [-0.2, 0) is 21.4 Å². The van der Waals surface area contributed by atoms with Gasteiger partial charge in [0.25, 0.3) is 11.8 Å². The highest BCUT2D eigenvalue weighted by Gasteiger charge is 2.27. The number of nitrogens with one attached hydrogen (secondary N) is 3. The van der Waals surface area contributed by atoms with E-state index in [2.05, 4.69) is 15.6 Å². The molecule has 1 aliphatic heterocycles. The maximum Gasteiger partial charge on any atom is 0.283 e. The smallest absolute Gasteiger partial charge is 0.283 e. The van der Waals surface area contributed by atoms with Crippen molar-refractivity contribution >= 4 is 33.2 Å². The molecule has 4 rings (SSSR count). The second-order valence-electron chi connectivity index (χ2n) is 6.74. The van der Waals surface area contributed by atoms with E-state index in [-0.39, 0.29) is 23.6 Å². The average Bonchev–Trinajstić information content (AvgIpc) is 3.35. The van der Waals surface area contributed by atoms with Crippen LogP contribution in [0.3, 0.4) is 0 Å². The van der Waals surface area contributed by atoms with Crippen molar-refractivity contribution in [3.05, 3.63) is 76.5 Å². The lowest BCUT2D eigenvalue weighted by Gasteiger charge is -2.25. The van der Waals surface area contributed by atoms with Crippen LogP contribution in [0.2, 0.25) is 0 Å². The summed E-state index contributed by atoms with van der Waals surface area (Å²) in [6, 6.07) is 16.1. The molecular formula is C21H19N3O6S2. The number of carbonyl (C=O) groups is 2. The summed E-state index contributed by atoms with van der Waals surface area (Å²) in [6.07, 6.45) is -0.946. The van der Waals surface area contributed by atoms with Gasteiger partial charge in [-0.25, -0.2) is 13.1 Å². The number of thiophene rings is 1. The third-order valence-electron chi connectivity index (χ3n) is 4.52. The number of rotatable bonds is 6. The van der Waals surface area contributed by atoms with E-state index >= 15 is 0 Å². The van der Waals surface area contributed by atoms with Crippen molar-refractivity contribution in [1.82, 2.24) is 15.6 Å². The van der Waals surface area contributed by atoms with Crippen LogP contribution >= 0.6 is 11.3 Å². The van der Waals surface area contributed by atoms with Gasteiger partial charge in [0.2, 0.25) is 16.1 Å². The zero-order valence-electron chi connectivity index (χ0n) is 16.6. The topological polar surface area (TPSA) is 123 Å². The normalized spacial score (nSPS) is 15.1. The van der Waals surface area contributed by atoms with Crippen LogP contribution in [0.15, 0.2) is 70.9 Å². The molecule has 166 valence electrons. The highest BCUT2D eigenvalue weighted by Crippen LogP contribution is 2.30. The van der Waals surface area contributed by atoms with Crippen LogP contribution in [0.4, 0.5) is 0 Å². The summed E-state index contributed by atoms with van der Waals surface area (Å²) in [5.41, 5.74) is 4.61. The molecule has 0 saturated heterocycles. The van der Waals surface area contributed by atoms with Crippen molar-refractivity contribution < 1.29 is 27.5 Å². The number of ether oxygens (including phenoxy) is 2. The standard InChI is InChI=1S/C21H19N3O6S2/c25-20(23-24-21(26)19-13-29-17-8-1-2-9-18(17)30-19)14-5-3-7-16(11-14)32(27,28)22-12-15-6-4-10-31-15/h1-11,19,22H,12-13H2,(H,23,25)(H,24,26). The Hall–Kier alpha value is -3.41. The summed E-state index contributed by atoms with van der Waals surface area (Å²) in [5, 5.41) is 1.85. The monoisotopic (exact) mass is 473 g/mol. The number of para-hydroxylation sites is 2. The Balaban J connectivity index is 1.35. The van der Waals surface area contributed by atoms with Crippen molar-refractivity contribution in [3.8, 4) is 11.5 Å². The Kier molecular flexibility index (Phi) is 6.40. The summed E-state index contributed by atoms with van der Waals surface area (Å²) in [6.45, 7) is 0.140. The molecule has 3 aromatic rings. The van der Waals surface area contributed by atoms with Gasteiger partial charge in [0.15, 0.2) is 11.5 Å². The number of hydrogen-bond donors (Lipinski definition) is 3. The van der Waals surface area contributed by atoms with Crippen molar-refractivity contribution in [2.24, 2.45) is 0 Å². The molecule has 0 spiro atoms. The van der Waals surface area contributed by atoms with Crippen LogP contribution in [0.1, 0.15) is 15.2 Å². The first-order valence-electron chi connectivity index (χ1n) is 9.53. The third-order valence-corrected chi connectivity index (χ3v) is 6.80. The van der Waals surface area contributed by atoms with E-state index in [0.717, 1.165) is 4.88 Å². The molecule has 2 amide bonds. The van der Waals surface area contributed by atoms with Gasteiger partial charge >= 0.3 is 0 Å². The lowest BCUT2D eigenvalue weighted by atomic mass is 10.2. The Labute approximate surface area is 188 Å². The van der Waals surface area contributed by atoms with E-state index in [4.69, 9.17) is 9.47 Å². The number of sulfonamides is 1. The fourth-order valence-electron chi connectivity index (χ4n) is 2.89. The van der Waals surface area contributed by atoms with Gasteiger partial charge in [0, 0.05) is 17.0 Å². The van der Waals surface area contributed by atoms with E-state index in [9.17, 15) is 18.0 Å². The first kappa shape index (κ1) is 21.8. The zero-order valence-corrected chi connectivity index (χ0v) is 18.2. The second kappa shape index (κ2) is 9.39. The van der Waals surface area contributed by atoms with Gasteiger partial charge in [0.1, 0.15) is 6.61 Å². The van der Waals surface area contributed by atoms with Crippen molar-refractivity contribution in [2.75, 3.05) is 6.61 Å². The van der Waals surface area contributed by atoms with Gasteiger partial charge in [-0.3, -0.25) is 20.4 Å². The Morgan fingerprint density at radius 3 is 2.59 bits per heavy atom. The minimum atomic E-state index is -3.82. The predicted octanol–water partition coefficient (Wildman–Crippen LogP) is 1.83. The molecule has 2 aromatic carbocycles.